The number of rotatable bonds is 6. The summed E-state index contributed by atoms with van der Waals surface area (Å²) >= 11 is 6.56. The number of benzene rings is 2. The zero-order valence-corrected chi connectivity index (χ0v) is 20.2. The van der Waals surface area contributed by atoms with Crippen LogP contribution in [0.4, 0.5) is 8.78 Å². The SMILES string of the molecule is CN(C(=O)c1cn(CC2(c3ccccc3C(=O)O)CC2)c2cccc(Cl)c12)C1CCC(F)(F)CC1. The van der Waals surface area contributed by atoms with E-state index in [0.717, 1.165) is 23.9 Å². The topological polar surface area (TPSA) is 62.5 Å². The molecular weight excluding hydrogens is 474 g/mol. The summed E-state index contributed by atoms with van der Waals surface area (Å²) in [5, 5.41) is 10.8. The highest BCUT2D eigenvalue weighted by Crippen LogP contribution is 2.51. The second kappa shape index (κ2) is 8.63. The summed E-state index contributed by atoms with van der Waals surface area (Å²) in [6.07, 6.45) is 3.56. The molecule has 0 unspecified atom stereocenters. The fraction of sp³-hybridized carbons (Fsp3) is 0.407. The van der Waals surface area contributed by atoms with Crippen molar-refractivity contribution in [3.05, 3.63) is 70.4 Å². The minimum atomic E-state index is -2.66. The van der Waals surface area contributed by atoms with Crippen molar-refractivity contribution in [1.29, 1.82) is 0 Å². The highest BCUT2D eigenvalue weighted by atomic mass is 35.5. The van der Waals surface area contributed by atoms with Crippen molar-refractivity contribution < 1.29 is 23.5 Å². The van der Waals surface area contributed by atoms with E-state index in [4.69, 9.17) is 11.6 Å². The first-order chi connectivity index (χ1) is 16.6. The van der Waals surface area contributed by atoms with Gasteiger partial charge >= 0.3 is 5.97 Å². The van der Waals surface area contributed by atoms with Gasteiger partial charge in [0, 0.05) is 49.5 Å². The summed E-state index contributed by atoms with van der Waals surface area (Å²) in [4.78, 5) is 27.0. The average molecular weight is 501 g/mol. The number of halogens is 3. The molecule has 0 aliphatic heterocycles. The van der Waals surface area contributed by atoms with E-state index in [2.05, 4.69) is 0 Å². The molecule has 0 radical (unpaired) electrons. The number of carbonyl (C=O) groups excluding carboxylic acids is 1. The van der Waals surface area contributed by atoms with Crippen LogP contribution in [0.15, 0.2) is 48.7 Å². The first kappa shape index (κ1) is 23.8. The van der Waals surface area contributed by atoms with Crippen LogP contribution in [0.2, 0.25) is 5.02 Å². The quantitative estimate of drug-likeness (QED) is 0.427. The maximum atomic E-state index is 13.7. The number of hydrogen-bond donors (Lipinski definition) is 1. The molecular formula is C27H27ClF2N2O3. The Morgan fingerprint density at radius 1 is 1.06 bits per heavy atom. The molecule has 2 aromatic carbocycles. The molecule has 0 spiro atoms. The lowest BCUT2D eigenvalue weighted by Gasteiger charge is -2.34. The zero-order valence-electron chi connectivity index (χ0n) is 19.4. The van der Waals surface area contributed by atoms with Crippen LogP contribution in [0.3, 0.4) is 0 Å². The number of nitrogens with zero attached hydrogens (tertiary/aromatic N) is 2. The van der Waals surface area contributed by atoms with Crippen molar-refractivity contribution in [2.45, 2.75) is 62.4 Å². The summed E-state index contributed by atoms with van der Waals surface area (Å²) in [6.45, 7) is 0.515. The van der Waals surface area contributed by atoms with Crippen LogP contribution >= 0.6 is 11.6 Å². The predicted octanol–water partition coefficient (Wildman–Crippen LogP) is 6.37. The van der Waals surface area contributed by atoms with Crippen LogP contribution in [-0.4, -0.2) is 45.5 Å². The predicted molar refractivity (Wildman–Crippen MR) is 131 cm³/mol. The van der Waals surface area contributed by atoms with Crippen molar-refractivity contribution in [1.82, 2.24) is 9.47 Å². The maximum absolute atomic E-state index is 13.7. The first-order valence-corrected chi connectivity index (χ1v) is 12.2. The molecule has 8 heteroatoms. The largest absolute Gasteiger partial charge is 0.478 e. The van der Waals surface area contributed by atoms with Gasteiger partial charge in [-0.05, 0) is 49.4 Å². The average Bonchev–Trinajstić information content (AvgIpc) is 3.52. The molecule has 1 N–H and O–H groups in total. The number of aromatic nitrogens is 1. The molecule has 1 aromatic heterocycles. The molecule has 0 bridgehead atoms. The Bertz CT molecular complexity index is 1300. The Balaban J connectivity index is 1.50. The third kappa shape index (κ3) is 4.31. The van der Waals surface area contributed by atoms with Gasteiger partial charge in [0.1, 0.15) is 0 Å². The third-order valence-corrected chi connectivity index (χ3v) is 8.01. The van der Waals surface area contributed by atoms with E-state index in [-0.39, 0.29) is 43.0 Å². The minimum absolute atomic E-state index is 0.219. The van der Waals surface area contributed by atoms with Gasteiger partial charge in [0.15, 0.2) is 0 Å². The molecule has 2 fully saturated rings. The molecule has 3 aromatic rings. The lowest BCUT2D eigenvalue weighted by molar-refractivity contribution is -0.0490. The Morgan fingerprint density at radius 2 is 1.74 bits per heavy atom. The van der Waals surface area contributed by atoms with E-state index < -0.39 is 11.9 Å². The number of alkyl halides is 2. The zero-order chi connectivity index (χ0) is 25.0. The first-order valence-electron chi connectivity index (χ1n) is 11.9. The fourth-order valence-corrected chi connectivity index (χ4v) is 5.76. The minimum Gasteiger partial charge on any atom is -0.478 e. The summed E-state index contributed by atoms with van der Waals surface area (Å²) in [5.41, 5.74) is 2.00. The van der Waals surface area contributed by atoms with Crippen LogP contribution in [0, 0.1) is 0 Å². The molecule has 1 heterocycles. The van der Waals surface area contributed by atoms with Crippen LogP contribution in [-0.2, 0) is 12.0 Å². The second-order valence-electron chi connectivity index (χ2n) is 9.94. The number of carbonyl (C=O) groups is 2. The Hall–Kier alpha value is -2.93. The van der Waals surface area contributed by atoms with E-state index in [1.165, 1.54) is 0 Å². The Morgan fingerprint density at radius 3 is 2.40 bits per heavy atom. The summed E-state index contributed by atoms with van der Waals surface area (Å²) in [5.74, 6) is -3.86. The van der Waals surface area contributed by atoms with Gasteiger partial charge in [-0.1, -0.05) is 35.9 Å². The van der Waals surface area contributed by atoms with E-state index in [1.807, 2.05) is 28.8 Å². The number of carboxylic acid groups (broad SMARTS) is 1. The highest BCUT2D eigenvalue weighted by molar-refractivity contribution is 6.36. The van der Waals surface area contributed by atoms with Gasteiger partial charge in [-0.15, -0.1) is 0 Å². The van der Waals surface area contributed by atoms with E-state index >= 15 is 0 Å². The van der Waals surface area contributed by atoms with Crippen LogP contribution in [0.25, 0.3) is 10.9 Å². The molecule has 2 aliphatic carbocycles. The summed E-state index contributed by atoms with van der Waals surface area (Å²) in [7, 11) is 1.67. The normalized spacial score (nSPS) is 19.0. The number of amides is 1. The summed E-state index contributed by atoms with van der Waals surface area (Å²) in [6, 6.07) is 12.3. The van der Waals surface area contributed by atoms with Gasteiger partial charge in [-0.2, -0.15) is 0 Å². The second-order valence-corrected chi connectivity index (χ2v) is 10.3. The monoisotopic (exact) mass is 500 g/mol. The van der Waals surface area contributed by atoms with Crippen LogP contribution in [0.1, 0.15) is 64.8 Å². The van der Waals surface area contributed by atoms with Crippen LogP contribution in [0.5, 0.6) is 0 Å². The standard InChI is InChI=1S/C27H27ClF2N2O3/c1-31(17-9-11-27(29,30)12-10-17)24(33)19-15-32(22-8-4-7-21(28)23(19)22)16-26(13-14-26)20-6-3-2-5-18(20)25(34)35/h2-8,15,17H,9-14,16H2,1H3,(H,34,35). The number of hydrogen-bond acceptors (Lipinski definition) is 2. The maximum Gasteiger partial charge on any atom is 0.335 e. The molecule has 2 saturated carbocycles. The number of aromatic carboxylic acids is 1. The van der Waals surface area contributed by atoms with E-state index in [9.17, 15) is 23.5 Å². The van der Waals surface area contributed by atoms with Gasteiger partial charge in [0.25, 0.3) is 5.91 Å². The van der Waals surface area contributed by atoms with Crippen molar-refractivity contribution in [3.63, 3.8) is 0 Å². The van der Waals surface area contributed by atoms with Crippen molar-refractivity contribution >= 4 is 34.4 Å². The van der Waals surface area contributed by atoms with Gasteiger partial charge in [-0.25, -0.2) is 13.6 Å². The Labute approximate surface area is 207 Å². The number of carboxylic acids is 1. The van der Waals surface area contributed by atoms with Gasteiger partial charge < -0.3 is 14.6 Å². The lowest BCUT2D eigenvalue weighted by Crippen LogP contribution is -2.41. The summed E-state index contributed by atoms with van der Waals surface area (Å²) < 4.78 is 29.3. The fourth-order valence-electron chi connectivity index (χ4n) is 5.49. The van der Waals surface area contributed by atoms with Gasteiger partial charge in [0.05, 0.1) is 21.7 Å². The van der Waals surface area contributed by atoms with Gasteiger partial charge in [0.2, 0.25) is 5.92 Å². The smallest absolute Gasteiger partial charge is 0.335 e. The molecule has 0 atom stereocenters. The number of fused-ring (bicyclic) bond motifs is 1. The third-order valence-electron chi connectivity index (χ3n) is 7.70. The molecule has 2 aliphatic rings. The van der Waals surface area contributed by atoms with Crippen molar-refractivity contribution in [2.24, 2.45) is 0 Å². The molecule has 35 heavy (non-hydrogen) atoms. The molecule has 5 nitrogen and oxygen atoms in total. The van der Waals surface area contributed by atoms with Gasteiger partial charge in [-0.3, -0.25) is 4.79 Å². The Kier molecular flexibility index (Phi) is 5.86. The molecule has 5 rings (SSSR count). The molecule has 1 amide bonds. The molecule has 0 saturated heterocycles. The molecule has 184 valence electrons. The van der Waals surface area contributed by atoms with Crippen LogP contribution < -0.4 is 0 Å². The van der Waals surface area contributed by atoms with E-state index in [0.29, 0.717) is 28.1 Å². The lowest BCUT2D eigenvalue weighted by atomic mass is 9.91. The van der Waals surface area contributed by atoms with Crippen molar-refractivity contribution in [3.8, 4) is 0 Å². The van der Waals surface area contributed by atoms with Crippen molar-refractivity contribution in [2.75, 3.05) is 7.05 Å². The highest BCUT2D eigenvalue weighted by Gasteiger charge is 2.47. The van der Waals surface area contributed by atoms with E-state index in [1.54, 1.807) is 36.3 Å².